The minimum absolute atomic E-state index is 0.167. The Morgan fingerprint density at radius 2 is 1.89 bits per heavy atom. The zero-order valence-corrected chi connectivity index (χ0v) is 11.4. The Balaban J connectivity index is 2.57. The summed E-state index contributed by atoms with van der Waals surface area (Å²) < 4.78 is 6.76. The molecule has 0 aromatic carbocycles. The van der Waals surface area contributed by atoms with Crippen LogP contribution >= 0.6 is 0 Å². The Hall–Kier alpha value is -1.78. The van der Waals surface area contributed by atoms with Crippen LogP contribution in [0.25, 0.3) is 0 Å². The summed E-state index contributed by atoms with van der Waals surface area (Å²) in [6, 6.07) is 3.53. The third kappa shape index (κ3) is 3.12. The van der Waals surface area contributed by atoms with Crippen molar-refractivity contribution in [2.24, 2.45) is 7.05 Å². The molecule has 0 atom stereocenters. The van der Waals surface area contributed by atoms with Crippen molar-refractivity contribution in [1.82, 2.24) is 9.47 Å². The van der Waals surface area contributed by atoms with Crippen LogP contribution in [-0.2, 0) is 16.6 Å². The number of esters is 1. The molecule has 5 heteroatoms. The van der Waals surface area contributed by atoms with Gasteiger partial charge in [-0.15, -0.1) is 0 Å². The number of nitrogens with zero attached hydrogens (tertiary/aromatic N) is 2. The molecular formula is C13H20N2O3. The molecule has 0 aliphatic heterocycles. The smallest absolute Gasteiger partial charge is 0.355 e. The third-order valence-corrected chi connectivity index (χ3v) is 3.02. The fraction of sp³-hybridized carbons (Fsp3) is 0.538. The number of ether oxygens (including phenoxy) is 1. The molecule has 0 N–H and O–H groups in total. The molecule has 0 saturated heterocycles. The van der Waals surface area contributed by atoms with Crippen molar-refractivity contribution in [3.05, 3.63) is 23.5 Å². The van der Waals surface area contributed by atoms with Crippen LogP contribution in [0.1, 0.15) is 30.0 Å². The Labute approximate surface area is 107 Å². The van der Waals surface area contributed by atoms with E-state index in [-0.39, 0.29) is 12.5 Å². The number of carbonyl (C=O) groups is 2. The van der Waals surface area contributed by atoms with Crippen molar-refractivity contribution >= 4 is 11.9 Å². The van der Waals surface area contributed by atoms with Crippen LogP contribution < -0.4 is 0 Å². The van der Waals surface area contributed by atoms with E-state index >= 15 is 0 Å². The number of hydrogen-bond acceptors (Lipinski definition) is 3. The van der Waals surface area contributed by atoms with Crippen molar-refractivity contribution in [2.45, 2.75) is 20.8 Å². The van der Waals surface area contributed by atoms with Crippen molar-refractivity contribution in [1.29, 1.82) is 0 Å². The number of aromatic nitrogens is 1. The molecule has 0 unspecified atom stereocenters. The summed E-state index contributed by atoms with van der Waals surface area (Å²) in [6.07, 6.45) is 0. The SMILES string of the molecule is CCN(CC)C(=O)COC(=O)c1ccc(C)n1C. The molecule has 5 nitrogen and oxygen atoms in total. The van der Waals surface area contributed by atoms with E-state index in [4.69, 9.17) is 4.74 Å². The molecule has 1 heterocycles. The highest BCUT2D eigenvalue weighted by Crippen LogP contribution is 2.07. The average molecular weight is 252 g/mol. The summed E-state index contributed by atoms with van der Waals surface area (Å²) in [7, 11) is 1.79. The standard InChI is InChI=1S/C13H20N2O3/c1-5-15(6-2)12(16)9-18-13(17)11-8-7-10(3)14(11)4/h7-8H,5-6,9H2,1-4H3. The molecule has 0 spiro atoms. The second-order valence-electron chi connectivity index (χ2n) is 4.06. The molecule has 0 radical (unpaired) electrons. The van der Waals surface area contributed by atoms with Gasteiger partial charge in [0.15, 0.2) is 6.61 Å². The summed E-state index contributed by atoms with van der Waals surface area (Å²) in [5.74, 6) is -0.634. The number of hydrogen-bond donors (Lipinski definition) is 0. The van der Waals surface area contributed by atoms with Crippen LogP contribution in [0.4, 0.5) is 0 Å². The molecular weight excluding hydrogens is 232 g/mol. The van der Waals surface area contributed by atoms with Crippen LogP contribution in [-0.4, -0.2) is 41.0 Å². The van der Waals surface area contributed by atoms with Gasteiger partial charge in [0.25, 0.3) is 5.91 Å². The monoisotopic (exact) mass is 252 g/mol. The van der Waals surface area contributed by atoms with Gasteiger partial charge in [-0.25, -0.2) is 4.79 Å². The molecule has 1 aromatic rings. The molecule has 18 heavy (non-hydrogen) atoms. The summed E-state index contributed by atoms with van der Waals surface area (Å²) in [5.41, 5.74) is 1.43. The molecule has 0 saturated carbocycles. The van der Waals surface area contributed by atoms with E-state index in [1.165, 1.54) is 0 Å². The number of aryl methyl sites for hydroxylation is 1. The fourth-order valence-corrected chi connectivity index (χ4v) is 1.69. The van der Waals surface area contributed by atoms with Gasteiger partial charge in [-0.1, -0.05) is 0 Å². The lowest BCUT2D eigenvalue weighted by molar-refractivity contribution is -0.134. The Morgan fingerprint density at radius 1 is 1.28 bits per heavy atom. The zero-order valence-electron chi connectivity index (χ0n) is 11.4. The van der Waals surface area contributed by atoms with E-state index in [1.54, 1.807) is 22.6 Å². The number of carbonyl (C=O) groups excluding carboxylic acids is 2. The van der Waals surface area contributed by atoms with Gasteiger partial charge in [0.05, 0.1) is 0 Å². The van der Waals surface area contributed by atoms with Gasteiger partial charge >= 0.3 is 5.97 Å². The van der Waals surface area contributed by atoms with Crippen molar-refractivity contribution in [3.63, 3.8) is 0 Å². The Bertz CT molecular complexity index is 433. The maximum atomic E-state index is 11.8. The second kappa shape index (κ2) is 6.23. The van der Waals surface area contributed by atoms with Gasteiger partial charge in [-0.05, 0) is 32.9 Å². The lowest BCUT2D eigenvalue weighted by Gasteiger charge is -2.18. The number of likely N-dealkylation sites (N-methyl/N-ethyl adjacent to an activating group) is 1. The highest BCUT2D eigenvalue weighted by Gasteiger charge is 2.16. The largest absolute Gasteiger partial charge is 0.451 e. The maximum absolute atomic E-state index is 11.8. The van der Waals surface area contributed by atoms with Gasteiger partial charge in [0, 0.05) is 25.8 Å². The Morgan fingerprint density at radius 3 is 2.33 bits per heavy atom. The summed E-state index contributed by atoms with van der Waals surface area (Å²) in [5, 5.41) is 0. The van der Waals surface area contributed by atoms with E-state index in [0.717, 1.165) is 5.69 Å². The van der Waals surface area contributed by atoms with Gasteiger partial charge in [0.2, 0.25) is 0 Å². The van der Waals surface area contributed by atoms with E-state index in [9.17, 15) is 9.59 Å². The highest BCUT2D eigenvalue weighted by atomic mass is 16.5. The predicted molar refractivity (Wildman–Crippen MR) is 68.4 cm³/mol. The van der Waals surface area contributed by atoms with Crippen molar-refractivity contribution < 1.29 is 14.3 Å². The van der Waals surface area contributed by atoms with Gasteiger partial charge in [-0.3, -0.25) is 4.79 Å². The molecule has 0 fully saturated rings. The van der Waals surface area contributed by atoms with Crippen LogP contribution in [0.3, 0.4) is 0 Å². The maximum Gasteiger partial charge on any atom is 0.355 e. The minimum atomic E-state index is -0.467. The predicted octanol–water partition coefficient (Wildman–Crippen LogP) is 1.36. The van der Waals surface area contributed by atoms with E-state index < -0.39 is 5.97 Å². The molecule has 1 amide bonds. The highest BCUT2D eigenvalue weighted by molar-refractivity contribution is 5.90. The molecule has 1 aromatic heterocycles. The normalized spacial score (nSPS) is 10.2. The van der Waals surface area contributed by atoms with Gasteiger partial charge in [0.1, 0.15) is 5.69 Å². The Kier molecular flexibility index (Phi) is 4.95. The van der Waals surface area contributed by atoms with E-state index in [2.05, 4.69) is 0 Å². The quantitative estimate of drug-likeness (QED) is 0.743. The summed E-state index contributed by atoms with van der Waals surface area (Å²) in [4.78, 5) is 25.1. The lowest BCUT2D eigenvalue weighted by atomic mass is 10.4. The molecule has 0 aliphatic carbocycles. The van der Waals surface area contributed by atoms with Gasteiger partial charge in [-0.2, -0.15) is 0 Å². The van der Waals surface area contributed by atoms with Crippen LogP contribution in [0.15, 0.2) is 12.1 Å². The van der Waals surface area contributed by atoms with Crippen LogP contribution in [0.2, 0.25) is 0 Å². The first-order chi connectivity index (χ1) is 8.51. The molecule has 0 aliphatic rings. The first kappa shape index (κ1) is 14.3. The molecule has 0 bridgehead atoms. The van der Waals surface area contributed by atoms with E-state index in [1.807, 2.05) is 26.8 Å². The first-order valence-electron chi connectivity index (χ1n) is 6.08. The lowest BCUT2D eigenvalue weighted by Crippen LogP contribution is -2.34. The van der Waals surface area contributed by atoms with Crippen LogP contribution in [0, 0.1) is 6.92 Å². The first-order valence-corrected chi connectivity index (χ1v) is 6.08. The topological polar surface area (TPSA) is 51.5 Å². The van der Waals surface area contributed by atoms with Crippen molar-refractivity contribution in [3.8, 4) is 0 Å². The minimum Gasteiger partial charge on any atom is -0.451 e. The number of amides is 1. The van der Waals surface area contributed by atoms with Gasteiger partial charge < -0.3 is 14.2 Å². The third-order valence-electron chi connectivity index (χ3n) is 3.02. The number of rotatable bonds is 5. The molecule has 1 rings (SSSR count). The summed E-state index contributed by atoms with van der Waals surface area (Å²) >= 11 is 0. The molecule has 100 valence electrons. The van der Waals surface area contributed by atoms with Crippen LogP contribution in [0.5, 0.6) is 0 Å². The second-order valence-corrected chi connectivity index (χ2v) is 4.06. The average Bonchev–Trinajstić information content (AvgIpc) is 2.69. The summed E-state index contributed by atoms with van der Waals surface area (Å²) in [6.45, 7) is 6.72. The zero-order chi connectivity index (χ0) is 13.7. The van der Waals surface area contributed by atoms with E-state index in [0.29, 0.717) is 18.8 Å². The van der Waals surface area contributed by atoms with Crippen molar-refractivity contribution in [2.75, 3.05) is 19.7 Å². The fourth-order valence-electron chi connectivity index (χ4n) is 1.69.